The fraction of sp³-hybridized carbons (Fsp3) is 0.190. The molecule has 0 aliphatic carbocycles. The Bertz CT molecular complexity index is 1060. The van der Waals surface area contributed by atoms with Gasteiger partial charge in [0.1, 0.15) is 11.4 Å². The monoisotopic (exact) mass is 454 g/mol. The fourth-order valence-electron chi connectivity index (χ4n) is 3.29. The fourth-order valence-corrected chi connectivity index (χ4v) is 3.55. The first-order valence-corrected chi connectivity index (χ1v) is 9.95. The Hall–Kier alpha value is -3.13. The molecule has 3 aromatic rings. The predicted octanol–water partition coefficient (Wildman–Crippen LogP) is 4.23. The van der Waals surface area contributed by atoms with Crippen molar-refractivity contribution in [3.63, 3.8) is 0 Å². The van der Waals surface area contributed by atoms with E-state index in [4.69, 9.17) is 4.74 Å². The highest BCUT2D eigenvalue weighted by atomic mass is 79.9. The lowest BCUT2D eigenvalue weighted by Crippen LogP contribution is -2.24. The molecule has 1 aromatic heterocycles. The van der Waals surface area contributed by atoms with Crippen LogP contribution in [-0.4, -0.2) is 35.7 Å². The van der Waals surface area contributed by atoms with Crippen molar-refractivity contribution < 1.29 is 14.3 Å². The summed E-state index contributed by atoms with van der Waals surface area (Å²) in [6, 6.07) is 14.6. The molecule has 1 aliphatic rings. The zero-order chi connectivity index (χ0) is 20.4. The van der Waals surface area contributed by atoms with Crippen LogP contribution in [0.25, 0.3) is 11.3 Å². The number of ether oxygens (including phenoxy) is 1. The van der Waals surface area contributed by atoms with E-state index in [2.05, 4.69) is 31.4 Å². The number of hydrogen-bond donors (Lipinski definition) is 2. The molecule has 0 radical (unpaired) electrons. The zero-order valence-electron chi connectivity index (χ0n) is 15.7. The van der Waals surface area contributed by atoms with Gasteiger partial charge in [-0.3, -0.25) is 14.7 Å². The number of methoxy groups -OCH3 is 1. The van der Waals surface area contributed by atoms with Crippen LogP contribution in [0.5, 0.6) is 5.75 Å². The number of aromatic nitrogens is 2. The van der Waals surface area contributed by atoms with Crippen molar-refractivity contribution in [3.05, 3.63) is 58.7 Å². The number of hydrogen-bond acceptors (Lipinski definition) is 4. The van der Waals surface area contributed by atoms with Crippen molar-refractivity contribution in [1.29, 1.82) is 0 Å². The Balaban J connectivity index is 1.51. The van der Waals surface area contributed by atoms with Gasteiger partial charge in [0, 0.05) is 34.8 Å². The van der Waals surface area contributed by atoms with Crippen LogP contribution in [-0.2, 0) is 4.79 Å². The number of rotatable bonds is 5. The van der Waals surface area contributed by atoms with Gasteiger partial charge in [-0.15, -0.1) is 0 Å². The molecular weight excluding hydrogens is 436 g/mol. The number of carbonyl (C=O) groups excluding carboxylic acids is 2. The maximum absolute atomic E-state index is 12.6. The summed E-state index contributed by atoms with van der Waals surface area (Å²) in [5.74, 6) is 0.309. The van der Waals surface area contributed by atoms with Gasteiger partial charge in [0.2, 0.25) is 5.91 Å². The van der Waals surface area contributed by atoms with Gasteiger partial charge in [-0.05, 0) is 36.8 Å². The van der Waals surface area contributed by atoms with E-state index in [0.717, 1.165) is 16.5 Å². The van der Waals surface area contributed by atoms with Gasteiger partial charge < -0.3 is 15.0 Å². The summed E-state index contributed by atoms with van der Waals surface area (Å²) >= 11 is 3.40. The molecule has 1 aliphatic heterocycles. The molecule has 4 rings (SSSR count). The average Bonchev–Trinajstić information content (AvgIpc) is 3.38. The van der Waals surface area contributed by atoms with E-state index in [0.29, 0.717) is 41.5 Å². The lowest BCUT2D eigenvalue weighted by molar-refractivity contribution is -0.117. The third-order valence-corrected chi connectivity index (χ3v) is 5.29. The predicted molar refractivity (Wildman–Crippen MR) is 114 cm³/mol. The van der Waals surface area contributed by atoms with E-state index in [1.807, 2.05) is 24.3 Å². The summed E-state index contributed by atoms with van der Waals surface area (Å²) in [6.45, 7) is 0.674. The minimum absolute atomic E-state index is 0.0815. The molecule has 0 unspecified atom stereocenters. The van der Waals surface area contributed by atoms with E-state index in [-0.39, 0.29) is 11.8 Å². The van der Waals surface area contributed by atoms with E-state index < -0.39 is 0 Å². The first-order chi connectivity index (χ1) is 14.0. The third kappa shape index (κ3) is 4.02. The second-order valence-corrected chi connectivity index (χ2v) is 7.58. The number of amides is 2. The number of aromatic amines is 1. The van der Waals surface area contributed by atoms with Gasteiger partial charge in [0.05, 0.1) is 18.5 Å². The normalized spacial score (nSPS) is 13.6. The van der Waals surface area contributed by atoms with Gasteiger partial charge in [-0.25, -0.2) is 0 Å². The van der Waals surface area contributed by atoms with Crippen molar-refractivity contribution in [2.45, 2.75) is 12.8 Å². The van der Waals surface area contributed by atoms with Crippen molar-refractivity contribution >= 4 is 39.1 Å². The number of nitrogens with zero attached hydrogens (tertiary/aromatic N) is 2. The summed E-state index contributed by atoms with van der Waals surface area (Å²) in [4.78, 5) is 26.3. The molecule has 29 heavy (non-hydrogen) atoms. The highest BCUT2D eigenvalue weighted by Gasteiger charge is 2.24. The van der Waals surface area contributed by atoms with Gasteiger partial charge in [-0.1, -0.05) is 28.1 Å². The average molecular weight is 455 g/mol. The molecule has 0 atom stereocenters. The van der Waals surface area contributed by atoms with Crippen molar-refractivity contribution in [3.8, 4) is 17.0 Å². The van der Waals surface area contributed by atoms with Crippen molar-refractivity contribution in [2.75, 3.05) is 23.9 Å². The first kappa shape index (κ1) is 19.2. The van der Waals surface area contributed by atoms with E-state index in [9.17, 15) is 9.59 Å². The zero-order valence-corrected chi connectivity index (χ0v) is 17.3. The van der Waals surface area contributed by atoms with Crippen LogP contribution in [0.4, 0.5) is 11.4 Å². The minimum atomic E-state index is -0.312. The van der Waals surface area contributed by atoms with Crippen LogP contribution < -0.4 is 15.0 Å². The highest BCUT2D eigenvalue weighted by Crippen LogP contribution is 2.34. The second kappa shape index (κ2) is 8.08. The number of carbonyl (C=O) groups is 2. The molecule has 2 amide bonds. The molecule has 0 saturated carbocycles. The number of anilines is 2. The molecule has 2 aromatic carbocycles. The molecule has 0 spiro atoms. The Kier molecular flexibility index (Phi) is 5.35. The molecular formula is C21H19BrN4O3. The molecule has 7 nitrogen and oxygen atoms in total. The topological polar surface area (TPSA) is 87.3 Å². The van der Waals surface area contributed by atoms with E-state index >= 15 is 0 Å². The summed E-state index contributed by atoms with van der Waals surface area (Å²) < 4.78 is 6.41. The van der Waals surface area contributed by atoms with Crippen LogP contribution in [0.15, 0.2) is 53.0 Å². The lowest BCUT2D eigenvalue weighted by atomic mass is 10.1. The largest absolute Gasteiger partial charge is 0.494 e. The molecule has 8 heteroatoms. The van der Waals surface area contributed by atoms with Crippen LogP contribution in [0.1, 0.15) is 23.3 Å². The van der Waals surface area contributed by atoms with Crippen LogP contribution in [0.2, 0.25) is 0 Å². The van der Waals surface area contributed by atoms with Crippen molar-refractivity contribution in [1.82, 2.24) is 10.2 Å². The van der Waals surface area contributed by atoms with Gasteiger partial charge in [0.15, 0.2) is 0 Å². The molecule has 1 saturated heterocycles. The maximum atomic E-state index is 12.6. The smallest absolute Gasteiger partial charge is 0.273 e. The minimum Gasteiger partial charge on any atom is -0.494 e. The van der Waals surface area contributed by atoms with E-state index in [1.165, 1.54) is 0 Å². The van der Waals surface area contributed by atoms with Gasteiger partial charge in [-0.2, -0.15) is 5.10 Å². The van der Waals surface area contributed by atoms with Crippen molar-refractivity contribution in [2.24, 2.45) is 0 Å². The van der Waals surface area contributed by atoms with Gasteiger partial charge >= 0.3 is 0 Å². The summed E-state index contributed by atoms with van der Waals surface area (Å²) in [5.41, 5.74) is 3.22. The number of H-pyrrole nitrogens is 1. The SMILES string of the molecule is COc1cc(NC(=O)c2cc(-c3ccc(Br)cc3)n[nH]2)ccc1N1CCCC1=O. The van der Waals surface area contributed by atoms with Crippen LogP contribution in [0.3, 0.4) is 0 Å². The standard InChI is InChI=1S/C21H19BrN4O3/c1-29-19-11-15(8-9-18(19)26-10-2-3-20(26)27)23-21(28)17-12-16(24-25-17)13-4-6-14(22)7-5-13/h4-9,11-12H,2-3,10H2,1H3,(H,23,28)(H,24,25). The second-order valence-electron chi connectivity index (χ2n) is 6.66. The quantitative estimate of drug-likeness (QED) is 0.603. The van der Waals surface area contributed by atoms with Crippen LogP contribution >= 0.6 is 15.9 Å². The highest BCUT2D eigenvalue weighted by molar-refractivity contribution is 9.10. The lowest BCUT2D eigenvalue weighted by Gasteiger charge is -2.19. The van der Waals surface area contributed by atoms with Gasteiger partial charge in [0.25, 0.3) is 5.91 Å². The molecule has 2 heterocycles. The molecule has 1 fully saturated rings. The Labute approximate surface area is 176 Å². The number of halogens is 1. The first-order valence-electron chi connectivity index (χ1n) is 9.16. The molecule has 148 valence electrons. The maximum Gasteiger partial charge on any atom is 0.273 e. The van der Waals surface area contributed by atoms with Crippen LogP contribution in [0, 0.1) is 0 Å². The Morgan fingerprint density at radius 2 is 2.00 bits per heavy atom. The molecule has 0 bridgehead atoms. The summed E-state index contributed by atoms with van der Waals surface area (Å²) in [6.07, 6.45) is 1.38. The molecule has 2 N–H and O–H groups in total. The third-order valence-electron chi connectivity index (χ3n) is 4.76. The Morgan fingerprint density at radius 3 is 2.69 bits per heavy atom. The number of nitrogens with one attached hydrogen (secondary N) is 2. The van der Waals surface area contributed by atoms with E-state index in [1.54, 1.807) is 36.3 Å². The summed E-state index contributed by atoms with van der Waals surface area (Å²) in [5, 5.41) is 9.82. The summed E-state index contributed by atoms with van der Waals surface area (Å²) in [7, 11) is 1.55. The Morgan fingerprint density at radius 1 is 1.21 bits per heavy atom. The number of benzene rings is 2.